The van der Waals surface area contributed by atoms with E-state index in [9.17, 15) is 4.79 Å². The molecule has 0 unspecified atom stereocenters. The summed E-state index contributed by atoms with van der Waals surface area (Å²) in [5.41, 5.74) is 1.89. The molecular formula is C22H32N6O3. The molecular weight excluding hydrogens is 396 g/mol. The Labute approximate surface area is 183 Å². The Morgan fingerprint density at radius 2 is 2.16 bits per heavy atom. The van der Waals surface area contributed by atoms with Crippen LogP contribution in [0.3, 0.4) is 0 Å². The zero-order valence-electron chi connectivity index (χ0n) is 18.6. The van der Waals surface area contributed by atoms with Crippen LogP contribution in [0, 0.1) is 0 Å². The number of aromatic nitrogens is 2. The highest BCUT2D eigenvalue weighted by molar-refractivity contribution is 5.98. The first-order valence-corrected chi connectivity index (χ1v) is 10.6. The summed E-state index contributed by atoms with van der Waals surface area (Å²) in [4.78, 5) is 21.3. The number of benzene rings is 1. The van der Waals surface area contributed by atoms with Gasteiger partial charge < -0.3 is 24.6 Å². The van der Waals surface area contributed by atoms with Crippen molar-refractivity contribution < 1.29 is 14.3 Å². The van der Waals surface area contributed by atoms with E-state index < -0.39 is 0 Å². The molecule has 0 saturated carbocycles. The molecule has 1 amide bonds. The van der Waals surface area contributed by atoms with Crippen LogP contribution in [-0.4, -0.2) is 73.0 Å². The van der Waals surface area contributed by atoms with E-state index in [1.807, 2.05) is 49.3 Å². The SMILES string of the molecule is CCNC(=NCc1cccc(OCCCOC)c1)N1CCN(c2cnn(C)c2)C(=O)C1. The van der Waals surface area contributed by atoms with Gasteiger partial charge in [0.1, 0.15) is 12.3 Å². The molecule has 0 radical (unpaired) electrons. The Kier molecular flexibility index (Phi) is 8.28. The fourth-order valence-corrected chi connectivity index (χ4v) is 3.39. The van der Waals surface area contributed by atoms with Gasteiger partial charge in [-0.25, -0.2) is 4.99 Å². The molecule has 9 heteroatoms. The normalized spacial score (nSPS) is 14.8. The second kappa shape index (κ2) is 11.4. The molecule has 1 aliphatic rings. The largest absolute Gasteiger partial charge is 0.493 e. The van der Waals surface area contributed by atoms with Crippen molar-refractivity contribution in [2.24, 2.45) is 12.0 Å². The quantitative estimate of drug-likeness (QED) is 0.371. The number of nitrogens with one attached hydrogen (secondary N) is 1. The highest BCUT2D eigenvalue weighted by atomic mass is 16.5. The Bertz CT molecular complexity index is 882. The smallest absolute Gasteiger partial charge is 0.246 e. The third kappa shape index (κ3) is 6.45. The van der Waals surface area contributed by atoms with Crippen molar-refractivity contribution in [3.8, 4) is 5.75 Å². The van der Waals surface area contributed by atoms with Crippen LogP contribution < -0.4 is 15.0 Å². The second-order valence-electron chi connectivity index (χ2n) is 7.35. The van der Waals surface area contributed by atoms with Crippen LogP contribution in [-0.2, 0) is 23.1 Å². The molecule has 2 heterocycles. The number of aliphatic imine (C=N–C) groups is 1. The average Bonchev–Trinajstić information content (AvgIpc) is 3.20. The van der Waals surface area contributed by atoms with Crippen LogP contribution in [0.25, 0.3) is 0 Å². The van der Waals surface area contributed by atoms with E-state index in [2.05, 4.69) is 10.4 Å². The van der Waals surface area contributed by atoms with Crippen LogP contribution in [0.15, 0.2) is 41.7 Å². The number of ether oxygens (including phenoxy) is 2. The van der Waals surface area contributed by atoms with Gasteiger partial charge in [-0.3, -0.25) is 9.48 Å². The second-order valence-corrected chi connectivity index (χ2v) is 7.35. The van der Waals surface area contributed by atoms with E-state index in [-0.39, 0.29) is 12.5 Å². The fraction of sp³-hybridized carbons (Fsp3) is 0.500. The maximum atomic E-state index is 12.7. The molecule has 1 N–H and O–H groups in total. The van der Waals surface area contributed by atoms with E-state index in [4.69, 9.17) is 14.5 Å². The van der Waals surface area contributed by atoms with Gasteiger partial charge >= 0.3 is 0 Å². The number of carbonyl (C=O) groups excluding carboxylic acids is 1. The molecule has 0 atom stereocenters. The molecule has 1 fully saturated rings. The van der Waals surface area contributed by atoms with E-state index in [1.54, 1.807) is 22.9 Å². The number of piperazine rings is 1. The number of guanidine groups is 1. The van der Waals surface area contributed by atoms with Gasteiger partial charge in [-0.2, -0.15) is 5.10 Å². The molecule has 2 aromatic rings. The molecule has 1 aromatic carbocycles. The van der Waals surface area contributed by atoms with E-state index in [0.29, 0.717) is 32.8 Å². The minimum atomic E-state index is 0.0382. The number of hydrogen-bond donors (Lipinski definition) is 1. The van der Waals surface area contributed by atoms with Crippen molar-refractivity contribution in [3.63, 3.8) is 0 Å². The first-order valence-electron chi connectivity index (χ1n) is 10.6. The highest BCUT2D eigenvalue weighted by Gasteiger charge is 2.27. The van der Waals surface area contributed by atoms with Gasteiger partial charge in [-0.15, -0.1) is 0 Å². The number of methoxy groups -OCH3 is 1. The van der Waals surface area contributed by atoms with Crippen molar-refractivity contribution in [1.82, 2.24) is 20.0 Å². The summed E-state index contributed by atoms with van der Waals surface area (Å²) in [6.07, 6.45) is 4.43. The van der Waals surface area contributed by atoms with Gasteiger partial charge in [0.2, 0.25) is 5.91 Å². The van der Waals surface area contributed by atoms with Crippen LogP contribution in [0.4, 0.5) is 5.69 Å². The van der Waals surface area contributed by atoms with E-state index in [0.717, 1.165) is 35.9 Å². The van der Waals surface area contributed by atoms with Gasteiger partial charge in [0.05, 0.1) is 25.0 Å². The van der Waals surface area contributed by atoms with Crippen molar-refractivity contribution in [2.45, 2.75) is 19.9 Å². The summed E-state index contributed by atoms with van der Waals surface area (Å²) in [7, 11) is 3.53. The highest BCUT2D eigenvalue weighted by Crippen LogP contribution is 2.17. The van der Waals surface area contributed by atoms with E-state index >= 15 is 0 Å². The molecule has 168 valence electrons. The molecule has 3 rings (SSSR count). The third-order valence-electron chi connectivity index (χ3n) is 4.93. The fourth-order valence-electron chi connectivity index (χ4n) is 3.39. The molecule has 31 heavy (non-hydrogen) atoms. The number of anilines is 1. The summed E-state index contributed by atoms with van der Waals surface area (Å²) >= 11 is 0. The zero-order valence-corrected chi connectivity index (χ0v) is 18.6. The number of hydrogen-bond acceptors (Lipinski definition) is 5. The summed E-state index contributed by atoms with van der Waals surface area (Å²) in [6, 6.07) is 7.95. The summed E-state index contributed by atoms with van der Waals surface area (Å²) in [5.74, 6) is 1.61. The molecule has 1 aliphatic heterocycles. The van der Waals surface area contributed by atoms with Crippen LogP contribution in [0.5, 0.6) is 5.75 Å². The number of aryl methyl sites for hydroxylation is 1. The van der Waals surface area contributed by atoms with Gasteiger partial charge in [0.25, 0.3) is 0 Å². The van der Waals surface area contributed by atoms with Crippen molar-refractivity contribution in [2.75, 3.05) is 51.4 Å². The molecule has 1 saturated heterocycles. The number of carbonyl (C=O) groups is 1. The number of nitrogens with zero attached hydrogens (tertiary/aromatic N) is 5. The maximum absolute atomic E-state index is 12.7. The molecule has 0 spiro atoms. The van der Waals surface area contributed by atoms with Crippen LogP contribution in [0.1, 0.15) is 18.9 Å². The van der Waals surface area contributed by atoms with Crippen LogP contribution in [0.2, 0.25) is 0 Å². The Morgan fingerprint density at radius 3 is 2.87 bits per heavy atom. The first-order chi connectivity index (χ1) is 15.1. The first kappa shape index (κ1) is 22.6. The lowest BCUT2D eigenvalue weighted by atomic mass is 10.2. The van der Waals surface area contributed by atoms with Gasteiger partial charge in [0, 0.05) is 53.0 Å². The summed E-state index contributed by atoms with van der Waals surface area (Å²) in [5, 5.41) is 7.47. The molecule has 1 aromatic heterocycles. The Hall–Kier alpha value is -3.07. The van der Waals surface area contributed by atoms with E-state index in [1.165, 1.54) is 0 Å². The lowest BCUT2D eigenvalue weighted by Crippen LogP contribution is -2.55. The lowest BCUT2D eigenvalue weighted by molar-refractivity contribution is -0.120. The van der Waals surface area contributed by atoms with Gasteiger partial charge in [-0.05, 0) is 24.6 Å². The topological polar surface area (TPSA) is 84.2 Å². The summed E-state index contributed by atoms with van der Waals surface area (Å²) in [6.45, 7) is 6.15. The summed E-state index contributed by atoms with van der Waals surface area (Å²) < 4.78 is 12.5. The number of amides is 1. The predicted molar refractivity (Wildman–Crippen MR) is 120 cm³/mol. The van der Waals surface area contributed by atoms with Crippen LogP contribution >= 0.6 is 0 Å². The van der Waals surface area contributed by atoms with Gasteiger partial charge in [0.15, 0.2) is 5.96 Å². The monoisotopic (exact) mass is 428 g/mol. The zero-order chi connectivity index (χ0) is 22.1. The van der Waals surface area contributed by atoms with Crippen molar-refractivity contribution in [1.29, 1.82) is 0 Å². The molecule has 9 nitrogen and oxygen atoms in total. The molecule has 0 bridgehead atoms. The minimum absolute atomic E-state index is 0.0382. The average molecular weight is 429 g/mol. The van der Waals surface area contributed by atoms with Gasteiger partial charge in [-0.1, -0.05) is 12.1 Å². The Balaban J connectivity index is 1.61. The van der Waals surface area contributed by atoms with Crippen molar-refractivity contribution >= 4 is 17.6 Å². The van der Waals surface area contributed by atoms with Crippen molar-refractivity contribution in [3.05, 3.63) is 42.2 Å². The lowest BCUT2D eigenvalue weighted by Gasteiger charge is -2.35. The maximum Gasteiger partial charge on any atom is 0.246 e. The standard InChI is InChI=1S/C22H32N6O3/c1-4-23-22(24-14-18-7-5-8-20(13-18)31-12-6-11-30-3)27-9-10-28(21(29)17-27)19-15-25-26(2)16-19/h5,7-8,13,15-16H,4,6,9-12,14,17H2,1-3H3,(H,23,24). The third-order valence-corrected chi connectivity index (χ3v) is 4.93. The minimum Gasteiger partial charge on any atom is -0.493 e. The number of rotatable bonds is 9. The Morgan fingerprint density at radius 1 is 1.29 bits per heavy atom. The molecule has 0 aliphatic carbocycles. The predicted octanol–water partition coefficient (Wildman–Crippen LogP) is 1.65.